The standard InChI is InChI=1S/C19H21N5O4/c1-20-18(25)4-3-6-23-11-13(10-22-23)24-7-5-21-19(24)14-8-16-17(28-12-27-16)9-15(14)26-2/h5,7-11H,3-4,6,12H2,1-2H3,(H,20,25). The van der Waals surface area contributed by atoms with Crippen molar-refractivity contribution in [1.29, 1.82) is 0 Å². The zero-order chi connectivity index (χ0) is 19.5. The molecule has 1 N–H and O–H groups in total. The van der Waals surface area contributed by atoms with Gasteiger partial charge in [-0.25, -0.2) is 4.98 Å². The number of fused-ring (bicyclic) bond motifs is 1. The van der Waals surface area contributed by atoms with Crippen LogP contribution >= 0.6 is 0 Å². The Balaban J connectivity index is 1.60. The van der Waals surface area contributed by atoms with Crippen LogP contribution in [0.25, 0.3) is 17.1 Å². The molecule has 0 bridgehead atoms. The van der Waals surface area contributed by atoms with Crippen LogP contribution in [-0.2, 0) is 11.3 Å². The van der Waals surface area contributed by atoms with Crippen molar-refractivity contribution in [2.45, 2.75) is 19.4 Å². The first kappa shape index (κ1) is 17.9. The summed E-state index contributed by atoms with van der Waals surface area (Å²) in [4.78, 5) is 15.9. The highest BCUT2D eigenvalue weighted by Crippen LogP contribution is 2.42. The number of amides is 1. The maximum atomic E-state index is 11.4. The van der Waals surface area contributed by atoms with Gasteiger partial charge in [0.25, 0.3) is 0 Å². The Kier molecular flexibility index (Phi) is 4.88. The van der Waals surface area contributed by atoms with Crippen LogP contribution in [0.4, 0.5) is 0 Å². The van der Waals surface area contributed by atoms with Crippen LogP contribution in [0, 0.1) is 0 Å². The van der Waals surface area contributed by atoms with Gasteiger partial charge in [-0.15, -0.1) is 0 Å². The molecule has 0 unspecified atom stereocenters. The van der Waals surface area contributed by atoms with Crippen molar-refractivity contribution in [3.8, 4) is 34.3 Å². The lowest BCUT2D eigenvalue weighted by Gasteiger charge is -2.11. The fourth-order valence-corrected chi connectivity index (χ4v) is 3.10. The molecule has 9 nitrogen and oxygen atoms in total. The largest absolute Gasteiger partial charge is 0.496 e. The molecule has 0 spiro atoms. The number of aryl methyl sites for hydroxylation is 1. The highest BCUT2D eigenvalue weighted by Gasteiger charge is 2.21. The van der Waals surface area contributed by atoms with Gasteiger partial charge in [-0.1, -0.05) is 0 Å². The van der Waals surface area contributed by atoms with E-state index in [-0.39, 0.29) is 12.7 Å². The minimum absolute atomic E-state index is 0.0270. The molecule has 3 aromatic rings. The molecule has 0 saturated heterocycles. The summed E-state index contributed by atoms with van der Waals surface area (Å²) in [5, 5.41) is 7.01. The predicted octanol–water partition coefficient (Wildman–Crippen LogP) is 2.00. The smallest absolute Gasteiger partial charge is 0.231 e. The van der Waals surface area contributed by atoms with Crippen molar-refractivity contribution in [3.63, 3.8) is 0 Å². The highest BCUT2D eigenvalue weighted by molar-refractivity contribution is 5.75. The SMILES string of the molecule is CNC(=O)CCCn1cc(-n2ccnc2-c2cc3c(cc2OC)OCO3)cn1. The number of rotatable bonds is 7. The zero-order valence-corrected chi connectivity index (χ0v) is 15.7. The maximum Gasteiger partial charge on any atom is 0.231 e. The third kappa shape index (κ3) is 3.38. The molecule has 1 aromatic carbocycles. The van der Waals surface area contributed by atoms with E-state index in [0.29, 0.717) is 42.5 Å². The molecular weight excluding hydrogens is 362 g/mol. The van der Waals surface area contributed by atoms with Crippen LogP contribution in [0.3, 0.4) is 0 Å². The van der Waals surface area contributed by atoms with Gasteiger partial charge < -0.3 is 19.5 Å². The van der Waals surface area contributed by atoms with Gasteiger partial charge in [-0.2, -0.15) is 5.10 Å². The van der Waals surface area contributed by atoms with E-state index < -0.39 is 0 Å². The lowest BCUT2D eigenvalue weighted by molar-refractivity contribution is -0.120. The number of imidazole rings is 1. The van der Waals surface area contributed by atoms with Gasteiger partial charge in [-0.3, -0.25) is 14.0 Å². The Morgan fingerprint density at radius 1 is 1.32 bits per heavy atom. The van der Waals surface area contributed by atoms with Crippen LogP contribution in [0.5, 0.6) is 17.2 Å². The van der Waals surface area contributed by atoms with Gasteiger partial charge >= 0.3 is 0 Å². The normalized spacial score (nSPS) is 12.2. The number of benzene rings is 1. The fourth-order valence-electron chi connectivity index (χ4n) is 3.10. The summed E-state index contributed by atoms with van der Waals surface area (Å²) in [6.07, 6.45) is 8.47. The third-order valence-electron chi connectivity index (χ3n) is 4.54. The van der Waals surface area contributed by atoms with Crippen LogP contribution < -0.4 is 19.5 Å². The first-order valence-corrected chi connectivity index (χ1v) is 8.94. The molecule has 1 aliphatic rings. The number of hydrogen-bond donors (Lipinski definition) is 1. The lowest BCUT2D eigenvalue weighted by Crippen LogP contribution is -2.17. The first-order chi connectivity index (χ1) is 13.7. The van der Waals surface area contributed by atoms with E-state index in [9.17, 15) is 4.79 Å². The molecule has 0 aliphatic carbocycles. The Hall–Kier alpha value is -3.49. The molecule has 0 fully saturated rings. The first-order valence-electron chi connectivity index (χ1n) is 8.94. The van der Waals surface area contributed by atoms with Crippen molar-refractivity contribution in [1.82, 2.24) is 24.6 Å². The summed E-state index contributed by atoms with van der Waals surface area (Å²) in [7, 11) is 3.25. The number of hydrogen-bond acceptors (Lipinski definition) is 6. The zero-order valence-electron chi connectivity index (χ0n) is 15.7. The Labute approximate surface area is 161 Å². The molecule has 1 aliphatic heterocycles. The molecule has 1 amide bonds. The van der Waals surface area contributed by atoms with Crippen molar-refractivity contribution in [2.24, 2.45) is 0 Å². The topological polar surface area (TPSA) is 92.4 Å². The van der Waals surface area contributed by atoms with Crippen LogP contribution in [0.1, 0.15) is 12.8 Å². The molecule has 4 rings (SSSR count). The second-order valence-electron chi connectivity index (χ2n) is 6.26. The molecular formula is C19H21N5O4. The Bertz CT molecular complexity index is 994. The van der Waals surface area contributed by atoms with Gasteiger partial charge in [0, 0.05) is 44.7 Å². The van der Waals surface area contributed by atoms with Crippen LogP contribution in [-0.4, -0.2) is 46.2 Å². The molecule has 0 atom stereocenters. The summed E-state index contributed by atoms with van der Waals surface area (Å²) in [6, 6.07) is 3.67. The van der Waals surface area contributed by atoms with Crippen LogP contribution in [0.2, 0.25) is 0 Å². The number of aromatic nitrogens is 4. The van der Waals surface area contributed by atoms with E-state index in [1.165, 1.54) is 0 Å². The molecule has 0 saturated carbocycles. The monoisotopic (exact) mass is 383 g/mol. The number of ether oxygens (including phenoxy) is 3. The van der Waals surface area contributed by atoms with Crippen molar-refractivity contribution in [2.75, 3.05) is 21.0 Å². The van der Waals surface area contributed by atoms with Gasteiger partial charge in [0.05, 0.1) is 24.6 Å². The molecule has 0 radical (unpaired) electrons. The molecule has 28 heavy (non-hydrogen) atoms. The molecule has 146 valence electrons. The van der Waals surface area contributed by atoms with E-state index in [1.54, 1.807) is 32.6 Å². The average molecular weight is 383 g/mol. The van der Waals surface area contributed by atoms with Gasteiger partial charge in [0.15, 0.2) is 11.5 Å². The van der Waals surface area contributed by atoms with Crippen molar-refractivity contribution in [3.05, 3.63) is 36.9 Å². The lowest BCUT2D eigenvalue weighted by atomic mass is 10.1. The minimum Gasteiger partial charge on any atom is -0.496 e. The van der Waals surface area contributed by atoms with E-state index in [0.717, 1.165) is 11.3 Å². The highest BCUT2D eigenvalue weighted by atomic mass is 16.7. The molecule has 2 aromatic heterocycles. The quantitative estimate of drug-likeness (QED) is 0.671. The Morgan fingerprint density at radius 2 is 2.14 bits per heavy atom. The maximum absolute atomic E-state index is 11.4. The van der Waals surface area contributed by atoms with Gasteiger partial charge in [-0.05, 0) is 12.5 Å². The number of carbonyl (C=O) groups is 1. The fraction of sp³-hybridized carbons (Fsp3) is 0.316. The molecule has 3 heterocycles. The number of nitrogens with zero attached hydrogens (tertiary/aromatic N) is 4. The van der Waals surface area contributed by atoms with E-state index >= 15 is 0 Å². The summed E-state index contributed by atoms with van der Waals surface area (Å²) in [6.45, 7) is 0.851. The second kappa shape index (κ2) is 7.63. The van der Waals surface area contributed by atoms with Crippen molar-refractivity contribution < 1.29 is 19.0 Å². The minimum atomic E-state index is 0.0270. The van der Waals surface area contributed by atoms with Crippen LogP contribution in [0.15, 0.2) is 36.9 Å². The van der Waals surface area contributed by atoms with Crippen molar-refractivity contribution >= 4 is 5.91 Å². The average Bonchev–Trinajstić information content (AvgIpc) is 3.45. The summed E-state index contributed by atoms with van der Waals surface area (Å²) in [5.74, 6) is 2.70. The van der Waals surface area contributed by atoms with Gasteiger partial charge in [0.2, 0.25) is 12.7 Å². The van der Waals surface area contributed by atoms with E-state index in [2.05, 4.69) is 15.4 Å². The number of nitrogens with one attached hydrogen (secondary N) is 1. The van der Waals surface area contributed by atoms with E-state index in [4.69, 9.17) is 14.2 Å². The number of carbonyl (C=O) groups excluding carboxylic acids is 1. The van der Waals surface area contributed by atoms with E-state index in [1.807, 2.05) is 27.7 Å². The Morgan fingerprint density at radius 3 is 2.93 bits per heavy atom. The summed E-state index contributed by atoms with van der Waals surface area (Å²) >= 11 is 0. The predicted molar refractivity (Wildman–Crippen MR) is 101 cm³/mol. The number of methoxy groups -OCH3 is 1. The third-order valence-corrected chi connectivity index (χ3v) is 4.54. The summed E-state index contributed by atoms with van der Waals surface area (Å²) < 4.78 is 20.2. The molecule has 9 heteroatoms. The second-order valence-corrected chi connectivity index (χ2v) is 6.26. The summed E-state index contributed by atoms with van der Waals surface area (Å²) in [5.41, 5.74) is 1.66. The van der Waals surface area contributed by atoms with Gasteiger partial charge in [0.1, 0.15) is 11.6 Å².